The number of aromatic carboxylic acids is 1. The van der Waals surface area contributed by atoms with Crippen LogP contribution >= 0.6 is 0 Å². The van der Waals surface area contributed by atoms with Gasteiger partial charge < -0.3 is 5.11 Å². The Bertz CT molecular complexity index is 657. The van der Waals surface area contributed by atoms with Gasteiger partial charge in [-0.3, -0.25) is 4.98 Å². The summed E-state index contributed by atoms with van der Waals surface area (Å²) in [5, 5.41) is 8.90. The molecule has 0 unspecified atom stereocenters. The first-order valence-electron chi connectivity index (χ1n) is 5.92. The fourth-order valence-electron chi connectivity index (χ4n) is 1.76. The average Bonchev–Trinajstić information content (AvgIpc) is 2.38. The van der Waals surface area contributed by atoms with Crippen molar-refractivity contribution in [3.8, 4) is 11.3 Å². The van der Waals surface area contributed by atoms with Gasteiger partial charge in [0, 0.05) is 5.56 Å². The maximum absolute atomic E-state index is 11.3. The van der Waals surface area contributed by atoms with E-state index in [0.29, 0.717) is 11.6 Å². The van der Waals surface area contributed by atoms with Gasteiger partial charge in [0.05, 0.1) is 5.69 Å². The summed E-state index contributed by atoms with van der Waals surface area (Å²) in [5.74, 6) is -0.768. The highest BCUT2D eigenvalue weighted by Gasteiger charge is 2.09. The third-order valence-corrected chi connectivity index (χ3v) is 2.85. The number of nitrogens with one attached hydrogen (secondary N) is 1. The van der Waals surface area contributed by atoms with Crippen molar-refractivity contribution in [3.63, 3.8) is 0 Å². The summed E-state index contributed by atoms with van der Waals surface area (Å²) in [7, 11) is 0. The molecular weight excluding hydrogens is 244 g/mol. The first kappa shape index (κ1) is 13.0. The van der Waals surface area contributed by atoms with Gasteiger partial charge in [-0.05, 0) is 17.5 Å². The first-order chi connectivity index (χ1) is 8.97. The third kappa shape index (κ3) is 2.88. The summed E-state index contributed by atoms with van der Waals surface area (Å²) in [6, 6.07) is 8.92. The van der Waals surface area contributed by atoms with Crippen molar-refractivity contribution in [2.75, 3.05) is 0 Å². The topological polar surface area (TPSA) is 83.0 Å². The van der Waals surface area contributed by atoms with Crippen LogP contribution in [0.4, 0.5) is 0 Å². The molecule has 0 atom stereocenters. The smallest absolute Gasteiger partial charge is 0.352 e. The number of aromatic amines is 1. The number of aromatic nitrogens is 2. The zero-order valence-electron chi connectivity index (χ0n) is 10.7. The van der Waals surface area contributed by atoms with Crippen LogP contribution in [0.3, 0.4) is 0 Å². The van der Waals surface area contributed by atoms with Crippen LogP contribution in [-0.2, 0) is 0 Å². The molecule has 0 bridgehead atoms. The predicted molar refractivity (Wildman–Crippen MR) is 71.3 cm³/mol. The van der Waals surface area contributed by atoms with Gasteiger partial charge in [0.2, 0.25) is 0 Å². The molecule has 2 aromatic rings. The van der Waals surface area contributed by atoms with Crippen molar-refractivity contribution < 1.29 is 9.90 Å². The molecule has 2 rings (SSSR count). The number of carboxylic acid groups (broad SMARTS) is 1. The van der Waals surface area contributed by atoms with Crippen molar-refractivity contribution in [1.29, 1.82) is 0 Å². The Kier molecular flexibility index (Phi) is 3.46. The highest BCUT2D eigenvalue weighted by Crippen LogP contribution is 2.20. The van der Waals surface area contributed by atoms with E-state index in [-0.39, 0.29) is 5.69 Å². The van der Waals surface area contributed by atoms with E-state index in [2.05, 4.69) is 23.8 Å². The van der Waals surface area contributed by atoms with Crippen molar-refractivity contribution in [3.05, 3.63) is 52.1 Å². The molecule has 0 fully saturated rings. The third-order valence-electron chi connectivity index (χ3n) is 2.85. The van der Waals surface area contributed by atoms with E-state index >= 15 is 0 Å². The van der Waals surface area contributed by atoms with Gasteiger partial charge in [0.25, 0.3) is 0 Å². The summed E-state index contributed by atoms with van der Waals surface area (Å²) in [6.07, 6.45) is 0. The Labute approximate surface area is 110 Å². The van der Waals surface area contributed by atoms with Gasteiger partial charge in [-0.25, -0.2) is 9.59 Å². The zero-order chi connectivity index (χ0) is 14.0. The molecule has 0 spiro atoms. The maximum Gasteiger partial charge on any atom is 0.352 e. The Hall–Kier alpha value is -2.43. The number of rotatable bonds is 3. The lowest BCUT2D eigenvalue weighted by Gasteiger charge is -2.06. The summed E-state index contributed by atoms with van der Waals surface area (Å²) < 4.78 is 0. The number of benzene rings is 1. The summed E-state index contributed by atoms with van der Waals surface area (Å²) in [5.41, 5.74) is 1.42. The summed E-state index contributed by atoms with van der Waals surface area (Å²) in [6.45, 7) is 4.17. The molecule has 98 valence electrons. The second kappa shape index (κ2) is 5.06. The Morgan fingerprint density at radius 3 is 2.42 bits per heavy atom. The molecule has 0 aliphatic carbocycles. The molecule has 1 aromatic heterocycles. The van der Waals surface area contributed by atoms with Crippen molar-refractivity contribution >= 4 is 5.97 Å². The van der Waals surface area contributed by atoms with Crippen molar-refractivity contribution in [1.82, 2.24) is 9.97 Å². The highest BCUT2D eigenvalue weighted by molar-refractivity contribution is 5.86. The number of hydrogen-bond donors (Lipinski definition) is 2. The minimum Gasteiger partial charge on any atom is -0.477 e. The van der Waals surface area contributed by atoms with Crippen LogP contribution in [0.15, 0.2) is 35.1 Å². The summed E-state index contributed by atoms with van der Waals surface area (Å²) >= 11 is 0. The van der Waals surface area contributed by atoms with Crippen LogP contribution in [0.5, 0.6) is 0 Å². The number of nitrogens with zero attached hydrogens (tertiary/aromatic N) is 1. The molecule has 1 aromatic carbocycles. The Morgan fingerprint density at radius 1 is 1.26 bits per heavy atom. The molecule has 1 heterocycles. The highest BCUT2D eigenvalue weighted by atomic mass is 16.4. The molecule has 0 saturated heterocycles. The van der Waals surface area contributed by atoms with Crippen molar-refractivity contribution in [2.24, 2.45) is 0 Å². The van der Waals surface area contributed by atoms with E-state index in [4.69, 9.17) is 5.11 Å². The second-order valence-corrected chi connectivity index (χ2v) is 4.57. The van der Waals surface area contributed by atoms with E-state index in [9.17, 15) is 9.59 Å². The van der Waals surface area contributed by atoms with Gasteiger partial charge in [0.15, 0.2) is 0 Å². The SMILES string of the molecule is CC(C)c1ccc(-c2cc(C(=O)O)[nH]c(=O)n2)cc1. The number of carbonyl (C=O) groups is 1. The van der Waals surface area contributed by atoms with Crippen LogP contribution in [0.25, 0.3) is 11.3 Å². The average molecular weight is 258 g/mol. The number of H-pyrrole nitrogens is 1. The van der Waals surface area contributed by atoms with Crippen LogP contribution < -0.4 is 5.69 Å². The quantitative estimate of drug-likeness (QED) is 0.884. The molecule has 0 amide bonds. The Balaban J connectivity index is 2.46. The lowest BCUT2D eigenvalue weighted by Crippen LogP contribution is -2.16. The normalized spacial score (nSPS) is 10.7. The zero-order valence-corrected chi connectivity index (χ0v) is 10.7. The molecular formula is C14H14N2O3. The molecule has 0 radical (unpaired) electrons. The minimum atomic E-state index is -1.18. The fourth-order valence-corrected chi connectivity index (χ4v) is 1.76. The standard InChI is InChI=1S/C14H14N2O3/c1-8(2)9-3-5-10(6-4-9)11-7-12(13(17)18)16-14(19)15-11/h3-8H,1-2H3,(H,17,18)(H,15,16,19). The fraction of sp³-hybridized carbons (Fsp3) is 0.214. The molecule has 5 heteroatoms. The largest absolute Gasteiger partial charge is 0.477 e. The lowest BCUT2D eigenvalue weighted by molar-refractivity contribution is 0.0690. The van der Waals surface area contributed by atoms with Gasteiger partial charge in [-0.1, -0.05) is 38.1 Å². The van der Waals surface area contributed by atoms with E-state index in [1.54, 1.807) is 0 Å². The van der Waals surface area contributed by atoms with Crippen LogP contribution in [0.1, 0.15) is 35.8 Å². The maximum atomic E-state index is 11.3. The number of hydrogen-bond acceptors (Lipinski definition) is 3. The van der Waals surface area contributed by atoms with E-state index in [0.717, 1.165) is 5.56 Å². The van der Waals surface area contributed by atoms with E-state index in [1.807, 2.05) is 24.3 Å². The number of carboxylic acids is 1. The predicted octanol–water partition coefficient (Wildman–Crippen LogP) is 2.26. The first-order valence-corrected chi connectivity index (χ1v) is 5.92. The summed E-state index contributed by atoms with van der Waals surface area (Å²) in [4.78, 5) is 28.2. The molecule has 0 aliphatic heterocycles. The van der Waals surface area contributed by atoms with Crippen LogP contribution in [0, 0.1) is 0 Å². The molecule has 0 saturated carbocycles. The monoisotopic (exact) mass is 258 g/mol. The molecule has 0 aliphatic rings. The van der Waals surface area contributed by atoms with Crippen LogP contribution in [0.2, 0.25) is 0 Å². The minimum absolute atomic E-state index is 0.164. The van der Waals surface area contributed by atoms with Gasteiger partial charge >= 0.3 is 11.7 Å². The lowest BCUT2D eigenvalue weighted by atomic mass is 10.0. The Morgan fingerprint density at radius 2 is 1.89 bits per heavy atom. The van der Waals surface area contributed by atoms with Crippen LogP contribution in [-0.4, -0.2) is 21.0 Å². The second-order valence-electron chi connectivity index (χ2n) is 4.57. The van der Waals surface area contributed by atoms with E-state index in [1.165, 1.54) is 11.6 Å². The molecule has 5 nitrogen and oxygen atoms in total. The molecule has 2 N–H and O–H groups in total. The van der Waals surface area contributed by atoms with E-state index < -0.39 is 11.7 Å². The van der Waals surface area contributed by atoms with Gasteiger partial charge in [-0.2, -0.15) is 4.98 Å². The molecule has 19 heavy (non-hydrogen) atoms. The van der Waals surface area contributed by atoms with Gasteiger partial charge in [0.1, 0.15) is 5.69 Å². The van der Waals surface area contributed by atoms with Crippen molar-refractivity contribution in [2.45, 2.75) is 19.8 Å². The van der Waals surface area contributed by atoms with Gasteiger partial charge in [-0.15, -0.1) is 0 Å².